The molecule has 0 bridgehead atoms. The largest absolute Gasteiger partial charge is 0.364 e. The van der Waals surface area contributed by atoms with E-state index < -0.39 is 0 Å². The maximum Gasteiger partial charge on any atom is 0.264 e. The molecule has 0 fully saturated rings. The molecule has 20 heavy (non-hydrogen) atoms. The number of benzene rings is 1. The number of aryl methyl sites for hydroxylation is 1. The fourth-order valence-electron chi connectivity index (χ4n) is 2.75. The second kappa shape index (κ2) is 4.63. The number of rotatable bonds is 1. The van der Waals surface area contributed by atoms with E-state index in [1.165, 1.54) is 12.3 Å². The molecule has 1 aliphatic rings. The molecule has 1 aromatic heterocycles. The maximum absolute atomic E-state index is 12.7. The molecule has 1 aliphatic heterocycles. The van der Waals surface area contributed by atoms with Crippen LogP contribution in [0.25, 0.3) is 0 Å². The molecule has 0 radical (unpaired) electrons. The van der Waals surface area contributed by atoms with Gasteiger partial charge in [0.15, 0.2) is 5.43 Å². The first kappa shape index (κ1) is 12.7. The average Bonchev–Trinajstić information content (AvgIpc) is 2.73. The van der Waals surface area contributed by atoms with E-state index in [0.717, 1.165) is 23.4 Å². The van der Waals surface area contributed by atoms with E-state index in [1.54, 1.807) is 11.8 Å². The first-order valence-corrected chi connectivity index (χ1v) is 6.68. The average molecular weight is 268 g/mol. The van der Waals surface area contributed by atoms with Crippen molar-refractivity contribution in [2.24, 2.45) is 0 Å². The summed E-state index contributed by atoms with van der Waals surface area (Å²) in [6.45, 7) is 3.80. The minimum atomic E-state index is -0.233. The Bertz CT molecular complexity index is 733. The van der Waals surface area contributed by atoms with Gasteiger partial charge in [0.25, 0.3) is 5.91 Å². The van der Waals surface area contributed by atoms with Crippen LogP contribution in [-0.2, 0) is 6.42 Å². The molecule has 4 nitrogen and oxygen atoms in total. The van der Waals surface area contributed by atoms with Crippen molar-refractivity contribution in [3.05, 3.63) is 63.6 Å². The normalized spacial score (nSPS) is 17.1. The Balaban J connectivity index is 2.05. The molecule has 2 aromatic rings. The molecule has 0 saturated heterocycles. The summed E-state index contributed by atoms with van der Waals surface area (Å²) < 4.78 is 0. The fraction of sp³-hybridized carbons (Fsp3) is 0.250. The van der Waals surface area contributed by atoms with Gasteiger partial charge in [-0.2, -0.15) is 0 Å². The highest BCUT2D eigenvalue weighted by molar-refractivity contribution is 6.07. The Morgan fingerprint density at radius 1 is 1.35 bits per heavy atom. The zero-order valence-corrected chi connectivity index (χ0v) is 11.5. The van der Waals surface area contributed by atoms with Crippen molar-refractivity contribution in [1.82, 2.24) is 4.98 Å². The minimum Gasteiger partial charge on any atom is -0.364 e. The number of nitrogens with one attached hydrogen (secondary N) is 1. The van der Waals surface area contributed by atoms with E-state index in [4.69, 9.17) is 0 Å². The van der Waals surface area contributed by atoms with Crippen LogP contribution in [0.5, 0.6) is 0 Å². The van der Waals surface area contributed by atoms with Crippen LogP contribution >= 0.6 is 0 Å². The van der Waals surface area contributed by atoms with E-state index in [0.29, 0.717) is 0 Å². The second-order valence-electron chi connectivity index (χ2n) is 5.25. The summed E-state index contributed by atoms with van der Waals surface area (Å²) >= 11 is 0. The zero-order chi connectivity index (χ0) is 14.3. The zero-order valence-electron chi connectivity index (χ0n) is 11.5. The van der Waals surface area contributed by atoms with Gasteiger partial charge in [-0.3, -0.25) is 9.59 Å². The van der Waals surface area contributed by atoms with Gasteiger partial charge in [0.05, 0.1) is 0 Å². The van der Waals surface area contributed by atoms with E-state index >= 15 is 0 Å². The Morgan fingerprint density at radius 3 is 2.85 bits per heavy atom. The van der Waals surface area contributed by atoms with Crippen molar-refractivity contribution in [1.29, 1.82) is 0 Å². The highest BCUT2D eigenvalue weighted by Crippen LogP contribution is 2.32. The van der Waals surface area contributed by atoms with Gasteiger partial charge in [-0.05, 0) is 31.9 Å². The number of carbonyl (C=O) groups excluding carboxylic acids is 1. The van der Waals surface area contributed by atoms with Crippen LogP contribution in [-0.4, -0.2) is 16.9 Å². The molecule has 1 N–H and O–H groups in total. The molecule has 1 unspecified atom stereocenters. The van der Waals surface area contributed by atoms with Gasteiger partial charge in [-0.1, -0.05) is 18.2 Å². The predicted molar refractivity (Wildman–Crippen MR) is 78.2 cm³/mol. The summed E-state index contributed by atoms with van der Waals surface area (Å²) in [5, 5.41) is 0. The first-order chi connectivity index (χ1) is 9.58. The summed E-state index contributed by atoms with van der Waals surface area (Å²) in [5.74, 6) is -0.233. The highest BCUT2D eigenvalue weighted by Gasteiger charge is 2.32. The first-order valence-electron chi connectivity index (χ1n) is 6.68. The number of anilines is 1. The molecule has 1 aromatic carbocycles. The van der Waals surface area contributed by atoms with Crippen LogP contribution in [0.15, 0.2) is 41.3 Å². The summed E-state index contributed by atoms with van der Waals surface area (Å²) in [6.07, 6.45) is 2.33. The van der Waals surface area contributed by atoms with Crippen molar-refractivity contribution in [3.8, 4) is 0 Å². The number of pyridine rings is 1. The van der Waals surface area contributed by atoms with Crippen LogP contribution in [0.3, 0.4) is 0 Å². The van der Waals surface area contributed by atoms with E-state index in [1.807, 2.05) is 31.2 Å². The van der Waals surface area contributed by atoms with Gasteiger partial charge >= 0.3 is 0 Å². The number of carbonyl (C=O) groups is 1. The second-order valence-corrected chi connectivity index (χ2v) is 5.25. The molecule has 1 atom stereocenters. The summed E-state index contributed by atoms with van der Waals surface area (Å²) in [7, 11) is 0. The van der Waals surface area contributed by atoms with Gasteiger partial charge in [-0.15, -0.1) is 0 Å². The monoisotopic (exact) mass is 268 g/mol. The Kier molecular flexibility index (Phi) is 2.93. The minimum absolute atomic E-state index is 0.0700. The molecule has 102 valence electrons. The van der Waals surface area contributed by atoms with Crippen molar-refractivity contribution >= 4 is 11.6 Å². The number of hydrogen-bond donors (Lipinski definition) is 1. The molecular weight excluding hydrogens is 252 g/mol. The SMILES string of the molecule is Cc1cc(=O)c(C(=O)N2c3ccccc3CC2C)c[nH]1. The van der Waals surface area contributed by atoms with Gasteiger partial charge in [-0.25, -0.2) is 0 Å². The molecule has 0 spiro atoms. The Morgan fingerprint density at radius 2 is 2.10 bits per heavy atom. The lowest BCUT2D eigenvalue weighted by Crippen LogP contribution is -2.38. The van der Waals surface area contributed by atoms with Crippen LogP contribution in [0.1, 0.15) is 28.5 Å². The predicted octanol–water partition coefficient (Wildman–Crippen LogP) is 2.27. The van der Waals surface area contributed by atoms with Gasteiger partial charge < -0.3 is 9.88 Å². The third kappa shape index (κ3) is 1.93. The number of hydrogen-bond acceptors (Lipinski definition) is 2. The molecule has 1 amide bonds. The number of aromatic nitrogens is 1. The highest BCUT2D eigenvalue weighted by atomic mass is 16.2. The molecule has 2 heterocycles. The van der Waals surface area contributed by atoms with Crippen LogP contribution < -0.4 is 10.3 Å². The van der Waals surface area contributed by atoms with Gasteiger partial charge in [0, 0.05) is 29.7 Å². The standard InChI is InChI=1S/C16H16N2O2/c1-10-7-15(19)13(9-17-10)16(20)18-11(2)8-12-5-3-4-6-14(12)18/h3-7,9,11H,8H2,1-2H3,(H,17,19). The van der Waals surface area contributed by atoms with Gasteiger partial charge in [0.1, 0.15) is 5.56 Å². The summed E-state index contributed by atoms with van der Waals surface area (Å²) in [5.41, 5.74) is 2.77. The smallest absolute Gasteiger partial charge is 0.264 e. The lowest BCUT2D eigenvalue weighted by atomic mass is 10.1. The van der Waals surface area contributed by atoms with Crippen molar-refractivity contribution in [3.63, 3.8) is 0 Å². The van der Waals surface area contributed by atoms with Crippen LogP contribution in [0.4, 0.5) is 5.69 Å². The van der Waals surface area contributed by atoms with E-state index in [-0.39, 0.29) is 22.9 Å². The molecule has 0 aliphatic carbocycles. The van der Waals surface area contributed by atoms with E-state index in [2.05, 4.69) is 4.98 Å². The topological polar surface area (TPSA) is 53.2 Å². The molecular formula is C16H16N2O2. The van der Waals surface area contributed by atoms with Crippen LogP contribution in [0.2, 0.25) is 0 Å². The van der Waals surface area contributed by atoms with Crippen molar-refractivity contribution in [2.75, 3.05) is 4.90 Å². The Labute approximate surface area is 117 Å². The lowest BCUT2D eigenvalue weighted by molar-refractivity contribution is 0.0980. The Hall–Kier alpha value is -2.36. The summed E-state index contributed by atoms with van der Waals surface area (Å²) in [4.78, 5) is 29.3. The third-order valence-electron chi connectivity index (χ3n) is 3.71. The third-order valence-corrected chi connectivity index (χ3v) is 3.71. The van der Waals surface area contributed by atoms with Gasteiger partial charge in [0.2, 0.25) is 0 Å². The lowest BCUT2D eigenvalue weighted by Gasteiger charge is -2.22. The van der Waals surface area contributed by atoms with E-state index in [9.17, 15) is 9.59 Å². The summed E-state index contributed by atoms with van der Waals surface area (Å²) in [6, 6.07) is 9.37. The van der Waals surface area contributed by atoms with Crippen molar-refractivity contribution < 1.29 is 4.79 Å². The molecule has 0 saturated carbocycles. The molecule has 4 heteroatoms. The fourth-order valence-corrected chi connectivity index (χ4v) is 2.75. The van der Waals surface area contributed by atoms with Crippen molar-refractivity contribution in [2.45, 2.75) is 26.3 Å². The number of amides is 1. The number of para-hydroxylation sites is 1. The quantitative estimate of drug-likeness (QED) is 0.862. The van der Waals surface area contributed by atoms with Crippen LogP contribution in [0, 0.1) is 6.92 Å². The number of aromatic amines is 1. The number of fused-ring (bicyclic) bond motifs is 1. The molecule has 3 rings (SSSR count). The maximum atomic E-state index is 12.7. The number of nitrogens with zero attached hydrogens (tertiary/aromatic N) is 1. The number of H-pyrrole nitrogens is 1.